The smallest absolute Gasteiger partial charge is 0.336 e. The highest BCUT2D eigenvalue weighted by Crippen LogP contribution is 2.31. The Morgan fingerprint density at radius 2 is 1.48 bits per heavy atom. The van der Waals surface area contributed by atoms with Gasteiger partial charge in [-0.05, 0) is 24.3 Å². The normalized spacial score (nSPS) is 10.4. The number of ether oxygens (including phenoxy) is 4. The molecular formula is C18H18O5. The summed E-state index contributed by atoms with van der Waals surface area (Å²) in [5.74, 6) is 1.49. The summed E-state index contributed by atoms with van der Waals surface area (Å²) < 4.78 is 20.9. The molecule has 0 fully saturated rings. The predicted molar refractivity (Wildman–Crippen MR) is 87.2 cm³/mol. The van der Waals surface area contributed by atoms with Crippen LogP contribution in [0.3, 0.4) is 0 Å². The number of hydrogen-bond acceptors (Lipinski definition) is 5. The zero-order valence-electron chi connectivity index (χ0n) is 13.2. The number of hydrogen-bond donors (Lipinski definition) is 0. The molecule has 5 nitrogen and oxygen atoms in total. The fraction of sp³-hybridized carbons (Fsp3) is 0.167. The van der Waals surface area contributed by atoms with E-state index < -0.39 is 5.97 Å². The van der Waals surface area contributed by atoms with E-state index in [-0.39, 0.29) is 0 Å². The number of carbonyl (C=O) groups is 1. The average Bonchev–Trinajstić information content (AvgIpc) is 2.59. The summed E-state index contributed by atoms with van der Waals surface area (Å²) in [4.78, 5) is 12.0. The molecule has 0 aliphatic rings. The number of para-hydroxylation sites is 3. The second-order valence-electron chi connectivity index (χ2n) is 4.49. The maximum atomic E-state index is 12.0. The Bertz CT molecular complexity index is 706. The summed E-state index contributed by atoms with van der Waals surface area (Å²) in [6.07, 6.45) is 2.93. The van der Waals surface area contributed by atoms with Gasteiger partial charge in [0.1, 0.15) is 0 Å². The first-order valence-electron chi connectivity index (χ1n) is 6.93. The Morgan fingerprint density at radius 1 is 0.826 bits per heavy atom. The minimum atomic E-state index is -0.514. The largest absolute Gasteiger partial charge is 0.493 e. The first-order chi connectivity index (χ1) is 11.2. The molecule has 0 atom stereocenters. The van der Waals surface area contributed by atoms with Crippen LogP contribution in [0.5, 0.6) is 23.0 Å². The molecule has 0 aromatic heterocycles. The maximum absolute atomic E-state index is 12.0. The van der Waals surface area contributed by atoms with Gasteiger partial charge in [0.25, 0.3) is 0 Å². The lowest BCUT2D eigenvalue weighted by atomic mass is 10.1. The van der Waals surface area contributed by atoms with Crippen LogP contribution in [-0.4, -0.2) is 27.3 Å². The van der Waals surface area contributed by atoms with Crippen molar-refractivity contribution in [2.24, 2.45) is 0 Å². The molecule has 0 radical (unpaired) electrons. The summed E-state index contributed by atoms with van der Waals surface area (Å²) in [6, 6.07) is 12.4. The first kappa shape index (κ1) is 16.4. The number of benzene rings is 2. The molecule has 2 rings (SSSR count). The van der Waals surface area contributed by atoms with Gasteiger partial charge in [0.15, 0.2) is 23.0 Å². The molecule has 0 bridgehead atoms. The zero-order chi connectivity index (χ0) is 16.7. The molecule has 23 heavy (non-hydrogen) atoms. The summed E-state index contributed by atoms with van der Waals surface area (Å²) in [5, 5.41) is 0. The molecule has 120 valence electrons. The molecule has 0 saturated carbocycles. The third-order valence-electron chi connectivity index (χ3n) is 3.11. The van der Waals surface area contributed by atoms with Gasteiger partial charge in [-0.3, -0.25) is 0 Å². The van der Waals surface area contributed by atoms with E-state index in [0.717, 1.165) is 0 Å². The highest BCUT2D eigenvalue weighted by molar-refractivity contribution is 5.89. The van der Waals surface area contributed by atoms with Gasteiger partial charge in [0, 0.05) is 11.6 Å². The molecule has 0 unspecified atom stereocenters. The Morgan fingerprint density at radius 3 is 2.13 bits per heavy atom. The van der Waals surface area contributed by atoms with Crippen molar-refractivity contribution >= 4 is 12.0 Å². The Hall–Kier alpha value is -2.95. The Balaban J connectivity index is 2.16. The number of carbonyl (C=O) groups excluding carboxylic acids is 1. The number of rotatable bonds is 6. The molecule has 0 amide bonds. The van der Waals surface area contributed by atoms with Crippen molar-refractivity contribution in [2.75, 3.05) is 21.3 Å². The van der Waals surface area contributed by atoms with Crippen molar-refractivity contribution in [2.45, 2.75) is 0 Å². The van der Waals surface area contributed by atoms with Gasteiger partial charge < -0.3 is 18.9 Å². The summed E-state index contributed by atoms with van der Waals surface area (Å²) in [6.45, 7) is 0. The van der Waals surface area contributed by atoms with Gasteiger partial charge in [-0.15, -0.1) is 0 Å². The SMILES string of the molecule is COc1ccccc1OC(=O)C=Cc1cccc(OC)c1OC. The molecule has 2 aromatic rings. The van der Waals surface area contributed by atoms with Crippen LogP contribution in [0.4, 0.5) is 0 Å². The molecule has 0 aliphatic heterocycles. The van der Waals surface area contributed by atoms with Gasteiger partial charge in [-0.1, -0.05) is 24.3 Å². The van der Waals surface area contributed by atoms with E-state index in [2.05, 4.69) is 0 Å². The van der Waals surface area contributed by atoms with Crippen molar-refractivity contribution < 1.29 is 23.7 Å². The van der Waals surface area contributed by atoms with Crippen molar-refractivity contribution in [3.8, 4) is 23.0 Å². The van der Waals surface area contributed by atoms with Crippen LogP contribution < -0.4 is 18.9 Å². The second-order valence-corrected chi connectivity index (χ2v) is 4.49. The van der Waals surface area contributed by atoms with Crippen LogP contribution in [0.2, 0.25) is 0 Å². The van der Waals surface area contributed by atoms with E-state index in [1.54, 1.807) is 50.6 Å². The van der Waals surface area contributed by atoms with Crippen molar-refractivity contribution in [3.05, 3.63) is 54.1 Å². The van der Waals surface area contributed by atoms with Crippen molar-refractivity contribution in [1.82, 2.24) is 0 Å². The number of esters is 1. The third kappa shape index (κ3) is 4.03. The molecular weight excluding hydrogens is 296 g/mol. The standard InChI is InChI=1S/C18H18O5/c1-20-14-8-4-5-9-15(14)23-17(19)12-11-13-7-6-10-16(21-2)18(13)22-3/h4-12H,1-3H3. The van der Waals surface area contributed by atoms with Gasteiger partial charge >= 0.3 is 5.97 Å². The lowest BCUT2D eigenvalue weighted by Gasteiger charge is -2.10. The van der Waals surface area contributed by atoms with Crippen LogP contribution in [0.25, 0.3) is 6.08 Å². The molecule has 5 heteroatoms. The summed E-state index contributed by atoms with van der Waals surface area (Å²) in [7, 11) is 4.62. The van der Waals surface area contributed by atoms with E-state index in [0.29, 0.717) is 28.6 Å². The highest BCUT2D eigenvalue weighted by atomic mass is 16.6. The van der Waals surface area contributed by atoms with Crippen LogP contribution >= 0.6 is 0 Å². The molecule has 0 spiro atoms. The summed E-state index contributed by atoms with van der Waals surface area (Å²) in [5.41, 5.74) is 0.712. The number of methoxy groups -OCH3 is 3. The molecule has 2 aromatic carbocycles. The minimum Gasteiger partial charge on any atom is -0.493 e. The predicted octanol–water partition coefficient (Wildman–Crippen LogP) is 3.33. The van der Waals surface area contributed by atoms with E-state index in [9.17, 15) is 4.79 Å². The van der Waals surface area contributed by atoms with Crippen LogP contribution in [0.15, 0.2) is 48.5 Å². The van der Waals surface area contributed by atoms with Crippen LogP contribution in [0, 0.1) is 0 Å². The maximum Gasteiger partial charge on any atom is 0.336 e. The first-order valence-corrected chi connectivity index (χ1v) is 6.93. The lowest BCUT2D eigenvalue weighted by Crippen LogP contribution is -2.05. The molecule has 0 saturated heterocycles. The van der Waals surface area contributed by atoms with E-state index >= 15 is 0 Å². The molecule has 0 heterocycles. The fourth-order valence-corrected chi connectivity index (χ4v) is 2.05. The topological polar surface area (TPSA) is 54.0 Å². The zero-order valence-corrected chi connectivity index (χ0v) is 13.2. The van der Waals surface area contributed by atoms with Gasteiger partial charge in [-0.2, -0.15) is 0 Å². The van der Waals surface area contributed by atoms with E-state index in [4.69, 9.17) is 18.9 Å². The second kappa shape index (κ2) is 7.89. The van der Waals surface area contributed by atoms with Crippen LogP contribution in [-0.2, 0) is 4.79 Å². The molecule has 0 aliphatic carbocycles. The van der Waals surface area contributed by atoms with E-state index in [1.807, 2.05) is 12.1 Å². The molecule has 0 N–H and O–H groups in total. The quantitative estimate of drug-likeness (QED) is 0.465. The Labute approximate surface area is 135 Å². The third-order valence-corrected chi connectivity index (χ3v) is 3.11. The van der Waals surface area contributed by atoms with E-state index in [1.165, 1.54) is 13.2 Å². The van der Waals surface area contributed by atoms with Crippen molar-refractivity contribution in [1.29, 1.82) is 0 Å². The average molecular weight is 314 g/mol. The van der Waals surface area contributed by atoms with Gasteiger partial charge in [0.05, 0.1) is 21.3 Å². The lowest BCUT2D eigenvalue weighted by molar-refractivity contribution is -0.129. The highest BCUT2D eigenvalue weighted by Gasteiger charge is 2.09. The van der Waals surface area contributed by atoms with Crippen molar-refractivity contribution in [3.63, 3.8) is 0 Å². The van der Waals surface area contributed by atoms with Gasteiger partial charge in [0.2, 0.25) is 0 Å². The van der Waals surface area contributed by atoms with Gasteiger partial charge in [-0.25, -0.2) is 4.79 Å². The van der Waals surface area contributed by atoms with Crippen LogP contribution in [0.1, 0.15) is 5.56 Å². The fourth-order valence-electron chi connectivity index (χ4n) is 2.05. The monoisotopic (exact) mass is 314 g/mol. The minimum absolute atomic E-state index is 0.363. The summed E-state index contributed by atoms with van der Waals surface area (Å²) >= 11 is 0. The Kier molecular flexibility index (Phi) is 5.63.